The third-order valence-electron chi connectivity index (χ3n) is 8.47. The second-order valence-electron chi connectivity index (χ2n) is 11.3. The molecule has 1 aromatic carbocycles. The number of aryl methyl sites for hydroxylation is 2. The number of amides is 1. The van der Waals surface area contributed by atoms with Gasteiger partial charge in [-0.25, -0.2) is 15.0 Å². The number of likely N-dealkylation sites (tertiary alicyclic amines) is 1. The van der Waals surface area contributed by atoms with E-state index in [1.54, 1.807) is 6.33 Å². The summed E-state index contributed by atoms with van der Waals surface area (Å²) in [5.41, 5.74) is 4.01. The SMILES string of the molecule is CC1CCN(Cc2ccc(NC(=O)[C@@H]3CCCN(c4ncnc5c4nc4n5CCCCC4)C3)cc2)CC1. The molecule has 2 aromatic heterocycles. The van der Waals surface area contributed by atoms with E-state index in [0.717, 1.165) is 73.3 Å². The maximum atomic E-state index is 13.2. The number of aromatic nitrogens is 4. The molecule has 196 valence electrons. The molecule has 1 N–H and O–H groups in total. The van der Waals surface area contributed by atoms with Gasteiger partial charge < -0.3 is 14.8 Å². The van der Waals surface area contributed by atoms with Crippen molar-refractivity contribution in [3.8, 4) is 0 Å². The standard InChI is InChI=1S/C29H39N7O/c1-21-12-16-34(17-13-21)18-22-8-10-24(11-9-22)32-29(37)23-6-5-14-35(19-23)27-26-28(31-20-30-27)36-15-4-2-3-7-25(36)33-26/h8-11,20-21,23H,2-7,12-19H2,1H3,(H,32,37)/t23-/m1/s1. The number of hydrogen-bond acceptors (Lipinski definition) is 6. The Balaban J connectivity index is 1.10. The predicted molar refractivity (Wildman–Crippen MR) is 147 cm³/mol. The van der Waals surface area contributed by atoms with Gasteiger partial charge in [0.25, 0.3) is 0 Å². The Hall–Kier alpha value is -3.00. The van der Waals surface area contributed by atoms with Crippen molar-refractivity contribution in [3.63, 3.8) is 0 Å². The lowest BCUT2D eigenvalue weighted by Gasteiger charge is -2.32. The van der Waals surface area contributed by atoms with Crippen LogP contribution >= 0.6 is 0 Å². The minimum absolute atomic E-state index is 0.0748. The Morgan fingerprint density at radius 2 is 1.81 bits per heavy atom. The molecule has 6 rings (SSSR count). The zero-order chi connectivity index (χ0) is 25.2. The van der Waals surface area contributed by atoms with Crippen LogP contribution in [0.4, 0.5) is 11.5 Å². The molecule has 1 amide bonds. The fraction of sp³-hybridized carbons (Fsp3) is 0.586. The molecular weight excluding hydrogens is 462 g/mol. The van der Waals surface area contributed by atoms with Gasteiger partial charge in [0.15, 0.2) is 17.0 Å². The van der Waals surface area contributed by atoms with Crippen LogP contribution in [0.3, 0.4) is 0 Å². The highest BCUT2D eigenvalue weighted by Crippen LogP contribution is 2.30. The van der Waals surface area contributed by atoms with Crippen molar-refractivity contribution >= 4 is 28.6 Å². The average Bonchev–Trinajstić information content (AvgIpc) is 3.11. The Bertz CT molecular complexity index is 1230. The number of fused-ring (bicyclic) bond motifs is 3. The van der Waals surface area contributed by atoms with Crippen molar-refractivity contribution in [1.29, 1.82) is 0 Å². The quantitative estimate of drug-likeness (QED) is 0.549. The van der Waals surface area contributed by atoms with E-state index in [1.807, 2.05) is 12.1 Å². The molecule has 0 saturated carbocycles. The highest BCUT2D eigenvalue weighted by atomic mass is 16.1. The number of hydrogen-bond donors (Lipinski definition) is 1. The normalized spacial score (nSPS) is 21.5. The van der Waals surface area contributed by atoms with E-state index in [4.69, 9.17) is 4.98 Å². The summed E-state index contributed by atoms with van der Waals surface area (Å²) in [5.74, 6) is 2.86. The summed E-state index contributed by atoms with van der Waals surface area (Å²) in [4.78, 5) is 32.2. The van der Waals surface area contributed by atoms with Gasteiger partial charge in [0, 0.05) is 38.3 Å². The number of carbonyl (C=O) groups excluding carboxylic acids is 1. The molecule has 8 heteroatoms. The van der Waals surface area contributed by atoms with Crippen molar-refractivity contribution < 1.29 is 4.79 Å². The lowest BCUT2D eigenvalue weighted by Crippen LogP contribution is -2.41. The van der Waals surface area contributed by atoms with Gasteiger partial charge in [-0.3, -0.25) is 9.69 Å². The van der Waals surface area contributed by atoms with E-state index in [1.165, 1.54) is 50.8 Å². The molecule has 8 nitrogen and oxygen atoms in total. The maximum absolute atomic E-state index is 13.2. The number of carbonyl (C=O) groups is 1. The van der Waals surface area contributed by atoms with Crippen LogP contribution in [0, 0.1) is 11.8 Å². The van der Waals surface area contributed by atoms with E-state index in [0.29, 0.717) is 6.54 Å². The molecule has 0 bridgehead atoms. The van der Waals surface area contributed by atoms with Gasteiger partial charge in [0.2, 0.25) is 5.91 Å². The third kappa shape index (κ3) is 5.35. The van der Waals surface area contributed by atoms with Gasteiger partial charge in [-0.2, -0.15) is 0 Å². The molecule has 2 saturated heterocycles. The van der Waals surface area contributed by atoms with Gasteiger partial charge in [-0.05, 0) is 75.2 Å². The summed E-state index contributed by atoms with van der Waals surface area (Å²) in [7, 11) is 0. The molecule has 5 heterocycles. The fourth-order valence-corrected chi connectivity index (χ4v) is 6.16. The summed E-state index contributed by atoms with van der Waals surface area (Å²) in [5, 5.41) is 3.17. The summed E-state index contributed by atoms with van der Waals surface area (Å²) < 4.78 is 2.27. The summed E-state index contributed by atoms with van der Waals surface area (Å²) in [6, 6.07) is 8.40. The predicted octanol–water partition coefficient (Wildman–Crippen LogP) is 4.64. The van der Waals surface area contributed by atoms with Crippen LogP contribution in [0.2, 0.25) is 0 Å². The van der Waals surface area contributed by atoms with Crippen molar-refractivity contribution in [2.75, 3.05) is 36.4 Å². The van der Waals surface area contributed by atoms with Gasteiger partial charge in [0.1, 0.15) is 12.2 Å². The third-order valence-corrected chi connectivity index (χ3v) is 8.47. The largest absolute Gasteiger partial charge is 0.354 e. The van der Waals surface area contributed by atoms with Crippen molar-refractivity contribution in [3.05, 3.63) is 42.0 Å². The fourth-order valence-electron chi connectivity index (χ4n) is 6.16. The molecular formula is C29H39N7O. The first kappa shape index (κ1) is 24.3. The highest BCUT2D eigenvalue weighted by molar-refractivity contribution is 5.93. The number of anilines is 2. The number of nitrogens with one attached hydrogen (secondary N) is 1. The van der Waals surface area contributed by atoms with Crippen molar-refractivity contribution in [2.24, 2.45) is 11.8 Å². The van der Waals surface area contributed by atoms with Crippen LogP contribution in [0.15, 0.2) is 30.6 Å². The van der Waals surface area contributed by atoms with E-state index in [-0.39, 0.29) is 11.8 Å². The van der Waals surface area contributed by atoms with E-state index in [2.05, 4.69) is 48.7 Å². The van der Waals surface area contributed by atoms with Crippen molar-refractivity contribution in [2.45, 2.75) is 71.4 Å². The number of rotatable bonds is 5. The monoisotopic (exact) mass is 501 g/mol. The van der Waals surface area contributed by atoms with Gasteiger partial charge in [-0.15, -0.1) is 0 Å². The van der Waals surface area contributed by atoms with E-state index < -0.39 is 0 Å². The second-order valence-corrected chi connectivity index (χ2v) is 11.3. The molecule has 3 aliphatic heterocycles. The highest BCUT2D eigenvalue weighted by Gasteiger charge is 2.29. The summed E-state index contributed by atoms with van der Waals surface area (Å²) >= 11 is 0. The topological polar surface area (TPSA) is 79.2 Å². The Morgan fingerprint density at radius 1 is 0.973 bits per heavy atom. The Kier molecular flexibility index (Phi) is 7.09. The van der Waals surface area contributed by atoms with Crippen LogP contribution in [0.1, 0.15) is 63.3 Å². The molecule has 2 fully saturated rings. The van der Waals surface area contributed by atoms with Gasteiger partial charge >= 0.3 is 0 Å². The number of nitrogens with zero attached hydrogens (tertiary/aromatic N) is 6. The molecule has 0 unspecified atom stereocenters. The lowest BCUT2D eigenvalue weighted by molar-refractivity contribution is -0.120. The Labute approximate surface area is 219 Å². The molecule has 1 atom stereocenters. The van der Waals surface area contributed by atoms with Crippen molar-refractivity contribution in [1.82, 2.24) is 24.4 Å². The first-order valence-electron chi connectivity index (χ1n) is 14.2. The zero-order valence-corrected chi connectivity index (χ0v) is 22.0. The first-order valence-corrected chi connectivity index (χ1v) is 14.2. The maximum Gasteiger partial charge on any atom is 0.229 e. The Morgan fingerprint density at radius 3 is 2.65 bits per heavy atom. The molecule has 0 aliphatic carbocycles. The zero-order valence-electron chi connectivity index (χ0n) is 22.0. The number of imidazole rings is 1. The van der Waals surface area contributed by atoms with Crippen LogP contribution in [-0.2, 0) is 24.3 Å². The van der Waals surface area contributed by atoms with E-state index in [9.17, 15) is 4.79 Å². The molecule has 0 spiro atoms. The molecule has 0 radical (unpaired) electrons. The van der Waals surface area contributed by atoms with Gasteiger partial charge in [0.05, 0.1) is 5.92 Å². The molecule has 37 heavy (non-hydrogen) atoms. The number of piperidine rings is 2. The number of benzene rings is 1. The summed E-state index contributed by atoms with van der Waals surface area (Å²) in [6.45, 7) is 8.22. The van der Waals surface area contributed by atoms with E-state index >= 15 is 0 Å². The van der Waals surface area contributed by atoms with Crippen LogP contribution in [0.25, 0.3) is 11.2 Å². The molecule has 3 aromatic rings. The second kappa shape index (κ2) is 10.8. The lowest BCUT2D eigenvalue weighted by atomic mass is 9.97. The first-order chi connectivity index (χ1) is 18.1. The van der Waals surface area contributed by atoms with Crippen LogP contribution in [0.5, 0.6) is 0 Å². The average molecular weight is 502 g/mol. The summed E-state index contributed by atoms with van der Waals surface area (Å²) in [6.07, 6.45) is 10.7. The minimum Gasteiger partial charge on any atom is -0.354 e. The van der Waals surface area contributed by atoms with Crippen LogP contribution in [-0.4, -0.2) is 56.5 Å². The minimum atomic E-state index is -0.0748. The smallest absolute Gasteiger partial charge is 0.229 e. The van der Waals surface area contributed by atoms with Crippen LogP contribution < -0.4 is 10.2 Å². The van der Waals surface area contributed by atoms with Gasteiger partial charge in [-0.1, -0.05) is 25.5 Å². The molecule has 3 aliphatic rings.